The van der Waals surface area contributed by atoms with E-state index in [1.165, 1.54) is 0 Å². The summed E-state index contributed by atoms with van der Waals surface area (Å²) >= 11 is 0. The molecule has 3 aromatic rings. The summed E-state index contributed by atoms with van der Waals surface area (Å²) in [5.41, 5.74) is 0.644. The Morgan fingerprint density at radius 3 is 1.19 bits per heavy atom. The molecule has 22 heteroatoms. The van der Waals surface area contributed by atoms with E-state index in [9.17, 15) is 45.6 Å². The number of nitrogens with zero attached hydrogens (tertiary/aromatic N) is 4. The number of benzene rings is 3. The predicted octanol–water partition coefficient (Wildman–Crippen LogP) is 2.65. The van der Waals surface area contributed by atoms with E-state index in [4.69, 9.17) is 0 Å². The fourth-order valence-electron chi connectivity index (χ4n) is 9.52. The van der Waals surface area contributed by atoms with Gasteiger partial charge in [-0.05, 0) is 113 Å². The molecule has 3 aromatic carbocycles. The van der Waals surface area contributed by atoms with Crippen LogP contribution in [-0.4, -0.2) is 175 Å². The quantitative estimate of drug-likeness (QED) is 0.0679. The first-order valence-corrected chi connectivity index (χ1v) is 29.9. The van der Waals surface area contributed by atoms with Gasteiger partial charge in [0.05, 0.1) is 35.0 Å². The Labute approximate surface area is 462 Å². The minimum Gasteiger partial charge on any atom is -0.342 e. The molecular formula is C56H84N10O10S2. The molecule has 78 heavy (non-hydrogen) atoms. The first-order valence-electron chi connectivity index (χ1n) is 27.0. The second-order valence-corrected chi connectivity index (χ2v) is 26.1. The van der Waals surface area contributed by atoms with Crippen molar-refractivity contribution in [2.75, 3.05) is 66.5 Å². The third-order valence-corrected chi connectivity index (χ3v) is 17.5. The van der Waals surface area contributed by atoms with E-state index in [0.717, 1.165) is 35.4 Å². The molecule has 2 heterocycles. The summed E-state index contributed by atoms with van der Waals surface area (Å²) in [6, 6.07) is 19.9. The number of nitrogens with one attached hydrogen (secondary N) is 6. The standard InChI is InChI=1S/C56H84N10O10S2/c1-39(57-9)51(69)61-49(55(3,4)5)53(71)65-31-17-23-43(65)37-63(33-29-41-19-13-11-14-20-41)47(67)35-59-77(73,74)45-25-27-46(28-26-45)78(75,76)60-36-48(68)64(34-30-42-21-15-12-16-22-42)38-44-24-18-32-66(44)54(72)50(56(6,7)8)62-52(70)40(2)58-10/h11-16,19-22,25-28,39-40,43-44,49-50,57-60H,17-18,23-24,29-38H2,1-10H3,(H,61,69)(H,62,70)/t39-,40-,43-,44+,49+,50+/m0/s1. The molecule has 2 aliphatic rings. The highest BCUT2D eigenvalue weighted by atomic mass is 32.2. The van der Waals surface area contributed by atoms with Gasteiger partial charge in [-0.3, -0.25) is 28.8 Å². The summed E-state index contributed by atoms with van der Waals surface area (Å²) in [6.07, 6.45) is 3.45. The minimum absolute atomic E-state index is 0.123. The van der Waals surface area contributed by atoms with Crippen molar-refractivity contribution in [1.82, 2.24) is 50.3 Å². The Balaban J connectivity index is 1.26. The maximum atomic E-state index is 14.2. The number of amides is 6. The minimum atomic E-state index is -4.37. The van der Waals surface area contributed by atoms with Gasteiger partial charge in [-0.15, -0.1) is 0 Å². The lowest BCUT2D eigenvalue weighted by Gasteiger charge is -2.37. The molecule has 6 N–H and O–H groups in total. The number of carbonyl (C=O) groups excluding carboxylic acids is 6. The Kier molecular flexibility index (Phi) is 22.5. The Bertz CT molecular complexity index is 2550. The van der Waals surface area contributed by atoms with Crippen molar-refractivity contribution in [2.45, 2.75) is 140 Å². The average molecular weight is 1120 g/mol. The highest BCUT2D eigenvalue weighted by molar-refractivity contribution is 7.90. The van der Waals surface area contributed by atoms with Crippen molar-refractivity contribution in [3.05, 3.63) is 96.1 Å². The van der Waals surface area contributed by atoms with Gasteiger partial charge in [0.1, 0.15) is 12.1 Å². The second kappa shape index (κ2) is 27.9. The zero-order valence-corrected chi connectivity index (χ0v) is 48.8. The monoisotopic (exact) mass is 1120 g/mol. The molecule has 0 aliphatic carbocycles. The molecule has 0 spiro atoms. The van der Waals surface area contributed by atoms with Gasteiger partial charge in [-0.2, -0.15) is 0 Å². The number of hydrogen-bond donors (Lipinski definition) is 6. The summed E-state index contributed by atoms with van der Waals surface area (Å²) < 4.78 is 59.6. The molecule has 0 bridgehead atoms. The van der Waals surface area contributed by atoms with Gasteiger partial charge in [0.15, 0.2) is 0 Å². The molecule has 0 aromatic heterocycles. The molecule has 0 unspecified atom stereocenters. The summed E-state index contributed by atoms with van der Waals surface area (Å²) in [4.78, 5) is 88.5. The van der Waals surface area contributed by atoms with Crippen molar-refractivity contribution in [1.29, 1.82) is 0 Å². The third-order valence-electron chi connectivity index (χ3n) is 14.6. The number of likely N-dealkylation sites (N-methyl/N-ethyl adjacent to an activating group) is 2. The Hall–Kier alpha value is -5.78. The number of carbonyl (C=O) groups is 6. The molecule has 6 atom stereocenters. The molecule has 2 saturated heterocycles. The van der Waals surface area contributed by atoms with Gasteiger partial charge in [-0.1, -0.05) is 102 Å². The zero-order valence-electron chi connectivity index (χ0n) is 47.1. The highest BCUT2D eigenvalue weighted by Gasteiger charge is 2.43. The largest absolute Gasteiger partial charge is 0.342 e. The van der Waals surface area contributed by atoms with Crippen LogP contribution in [-0.2, 0) is 61.7 Å². The first-order chi connectivity index (χ1) is 36.7. The molecule has 430 valence electrons. The van der Waals surface area contributed by atoms with Crippen molar-refractivity contribution < 1.29 is 45.6 Å². The SMILES string of the molecule is CN[C@@H](C)C(=O)N[C@H](C(=O)N1CCC[C@@H]1CN(CCc1ccccc1)C(=O)CNS(=O)(=O)c1ccc(S(=O)(=O)NCC(=O)N(CCc2ccccc2)C[C@@H]2CCCN2C(=O)[C@@H](NC(=O)[C@H](C)NC)C(C)(C)C)cc1)C(C)(C)C. The molecule has 20 nitrogen and oxygen atoms in total. The average Bonchev–Trinajstić information content (AvgIpc) is 4.10. The van der Waals surface area contributed by atoms with E-state index >= 15 is 0 Å². The van der Waals surface area contributed by atoms with Gasteiger partial charge in [0, 0.05) is 51.4 Å². The number of rotatable bonds is 26. The van der Waals surface area contributed by atoms with Gasteiger partial charge >= 0.3 is 0 Å². The van der Waals surface area contributed by atoms with Crippen LogP contribution in [0.2, 0.25) is 0 Å². The van der Waals surface area contributed by atoms with Crippen LogP contribution >= 0.6 is 0 Å². The smallest absolute Gasteiger partial charge is 0.246 e. The lowest BCUT2D eigenvalue weighted by molar-refractivity contribution is -0.142. The first kappa shape index (κ1) is 63.1. The molecule has 0 radical (unpaired) electrons. The summed E-state index contributed by atoms with van der Waals surface area (Å²) in [7, 11) is -5.41. The summed E-state index contributed by atoms with van der Waals surface area (Å²) in [5, 5.41) is 11.6. The van der Waals surface area contributed by atoms with Crippen LogP contribution in [0.15, 0.2) is 94.7 Å². The molecule has 6 amide bonds. The van der Waals surface area contributed by atoms with Crippen molar-refractivity contribution >= 4 is 55.5 Å². The van der Waals surface area contributed by atoms with Gasteiger partial charge in [0.25, 0.3) is 0 Å². The van der Waals surface area contributed by atoms with Crippen LogP contribution in [0.5, 0.6) is 0 Å². The lowest BCUT2D eigenvalue weighted by Crippen LogP contribution is -2.59. The third kappa shape index (κ3) is 17.6. The van der Waals surface area contributed by atoms with Crippen LogP contribution in [0.3, 0.4) is 0 Å². The van der Waals surface area contributed by atoms with Crippen molar-refractivity contribution in [3.63, 3.8) is 0 Å². The molecular weight excluding hydrogens is 1040 g/mol. The van der Waals surface area contributed by atoms with Gasteiger partial charge in [0.2, 0.25) is 55.5 Å². The van der Waals surface area contributed by atoms with Crippen molar-refractivity contribution in [2.24, 2.45) is 10.8 Å². The highest BCUT2D eigenvalue weighted by Crippen LogP contribution is 2.29. The summed E-state index contributed by atoms with van der Waals surface area (Å²) in [5.74, 6) is -2.23. The number of hydrogen-bond acceptors (Lipinski definition) is 12. The van der Waals surface area contributed by atoms with Crippen LogP contribution in [0.1, 0.15) is 92.2 Å². The normalized spacial score (nSPS) is 17.7. The zero-order chi connectivity index (χ0) is 57.6. The van der Waals surface area contributed by atoms with E-state index in [2.05, 4.69) is 30.7 Å². The van der Waals surface area contributed by atoms with E-state index in [0.29, 0.717) is 51.6 Å². The molecule has 5 rings (SSSR count). The van der Waals surface area contributed by atoms with Crippen LogP contribution in [0.25, 0.3) is 0 Å². The van der Waals surface area contributed by atoms with Crippen LogP contribution in [0, 0.1) is 10.8 Å². The Morgan fingerprint density at radius 1 is 0.551 bits per heavy atom. The van der Waals surface area contributed by atoms with Crippen LogP contribution in [0.4, 0.5) is 0 Å². The van der Waals surface area contributed by atoms with E-state index in [1.54, 1.807) is 47.5 Å². The molecule has 2 fully saturated rings. The predicted molar refractivity (Wildman–Crippen MR) is 300 cm³/mol. The lowest BCUT2D eigenvalue weighted by atomic mass is 9.85. The van der Waals surface area contributed by atoms with E-state index in [1.807, 2.05) is 102 Å². The maximum Gasteiger partial charge on any atom is 0.246 e. The van der Waals surface area contributed by atoms with E-state index < -0.39 is 92.0 Å². The van der Waals surface area contributed by atoms with Gasteiger partial charge < -0.3 is 40.9 Å². The van der Waals surface area contributed by atoms with Gasteiger partial charge in [-0.25, -0.2) is 26.3 Å². The fourth-order valence-corrected chi connectivity index (χ4v) is 11.5. The van der Waals surface area contributed by atoms with Crippen LogP contribution < -0.4 is 30.7 Å². The molecule has 0 saturated carbocycles. The van der Waals surface area contributed by atoms with Crippen molar-refractivity contribution in [3.8, 4) is 0 Å². The second-order valence-electron chi connectivity index (χ2n) is 22.6. The fraction of sp³-hybridized carbons (Fsp3) is 0.571. The van der Waals surface area contributed by atoms with E-state index in [-0.39, 0.29) is 59.6 Å². The number of likely N-dealkylation sites (tertiary alicyclic amines) is 2. The number of sulfonamides is 2. The summed E-state index contributed by atoms with van der Waals surface area (Å²) in [6.45, 7) is 15.0. The Morgan fingerprint density at radius 2 is 0.885 bits per heavy atom. The maximum absolute atomic E-state index is 14.2. The molecule has 2 aliphatic heterocycles. The topological polar surface area (TPSA) is 256 Å².